The van der Waals surface area contributed by atoms with Crippen LogP contribution in [0.15, 0.2) is 18.3 Å². The summed E-state index contributed by atoms with van der Waals surface area (Å²) >= 11 is 5.29. The molecular weight excluding hydrogens is 272 g/mol. The normalized spacial score (nSPS) is 12.7. The summed E-state index contributed by atoms with van der Waals surface area (Å²) in [4.78, 5) is 4.23. The molecule has 0 aliphatic carbocycles. The molecule has 1 heterocycles. The van der Waals surface area contributed by atoms with Gasteiger partial charge in [0.2, 0.25) is 0 Å². The van der Waals surface area contributed by atoms with Crippen molar-refractivity contribution < 1.29 is 5.11 Å². The molecule has 5 nitrogen and oxygen atoms in total. The van der Waals surface area contributed by atoms with E-state index in [0.717, 1.165) is 11.5 Å². The highest BCUT2D eigenvalue weighted by atomic mass is 32.1. The van der Waals surface area contributed by atoms with Crippen LogP contribution in [-0.4, -0.2) is 34.4 Å². The molecule has 0 saturated carbocycles. The molecule has 0 saturated heterocycles. The van der Waals surface area contributed by atoms with Gasteiger partial charge in [0, 0.05) is 12.6 Å². The monoisotopic (exact) mass is 296 g/mol. The van der Waals surface area contributed by atoms with Gasteiger partial charge in [0.15, 0.2) is 5.11 Å². The molecule has 0 aromatic carbocycles. The number of aromatic nitrogens is 1. The van der Waals surface area contributed by atoms with E-state index in [-0.39, 0.29) is 18.1 Å². The third-order valence-electron chi connectivity index (χ3n) is 3.09. The molecule has 0 fully saturated rings. The SMILES string of the molecule is CC(NC(=S)Nc1ccc(NCCO)nc1)C(C)(C)C. The fraction of sp³-hybridized carbons (Fsp3) is 0.571. The minimum atomic E-state index is 0.0837. The van der Waals surface area contributed by atoms with E-state index in [2.05, 4.69) is 48.6 Å². The first-order valence-corrected chi connectivity index (χ1v) is 7.12. The fourth-order valence-electron chi connectivity index (χ4n) is 1.34. The molecule has 6 heteroatoms. The van der Waals surface area contributed by atoms with Gasteiger partial charge >= 0.3 is 0 Å². The first kappa shape index (κ1) is 16.7. The number of nitrogens with zero attached hydrogens (tertiary/aromatic N) is 1. The minimum Gasteiger partial charge on any atom is -0.395 e. The molecule has 0 aliphatic rings. The molecule has 20 heavy (non-hydrogen) atoms. The van der Waals surface area contributed by atoms with Gasteiger partial charge in [-0.1, -0.05) is 20.8 Å². The van der Waals surface area contributed by atoms with E-state index in [4.69, 9.17) is 17.3 Å². The highest BCUT2D eigenvalue weighted by molar-refractivity contribution is 7.80. The largest absolute Gasteiger partial charge is 0.395 e. The lowest BCUT2D eigenvalue weighted by Crippen LogP contribution is -2.43. The zero-order valence-electron chi connectivity index (χ0n) is 12.5. The maximum atomic E-state index is 8.72. The van der Waals surface area contributed by atoms with E-state index in [1.165, 1.54) is 0 Å². The van der Waals surface area contributed by atoms with Crippen LogP contribution < -0.4 is 16.0 Å². The van der Waals surface area contributed by atoms with Gasteiger partial charge in [0.25, 0.3) is 0 Å². The number of thiocarbonyl (C=S) groups is 1. The van der Waals surface area contributed by atoms with Crippen LogP contribution >= 0.6 is 12.2 Å². The van der Waals surface area contributed by atoms with Crippen molar-refractivity contribution in [2.75, 3.05) is 23.8 Å². The van der Waals surface area contributed by atoms with Crippen LogP contribution in [0.5, 0.6) is 0 Å². The van der Waals surface area contributed by atoms with Crippen LogP contribution in [0.4, 0.5) is 11.5 Å². The number of pyridine rings is 1. The van der Waals surface area contributed by atoms with Gasteiger partial charge in [-0.15, -0.1) is 0 Å². The van der Waals surface area contributed by atoms with Crippen LogP contribution in [0.2, 0.25) is 0 Å². The Morgan fingerprint density at radius 2 is 2.10 bits per heavy atom. The number of hydrogen-bond acceptors (Lipinski definition) is 4. The van der Waals surface area contributed by atoms with Crippen LogP contribution in [0.25, 0.3) is 0 Å². The van der Waals surface area contributed by atoms with Gasteiger partial charge in [0.05, 0.1) is 18.5 Å². The Morgan fingerprint density at radius 3 is 2.60 bits per heavy atom. The molecule has 1 atom stereocenters. The molecule has 1 rings (SSSR count). The van der Waals surface area contributed by atoms with Crippen LogP contribution in [0, 0.1) is 5.41 Å². The highest BCUT2D eigenvalue weighted by Gasteiger charge is 2.20. The van der Waals surface area contributed by atoms with Gasteiger partial charge in [-0.25, -0.2) is 4.98 Å². The Hall–Kier alpha value is -1.40. The lowest BCUT2D eigenvalue weighted by Gasteiger charge is -2.29. The van der Waals surface area contributed by atoms with Crippen molar-refractivity contribution in [3.63, 3.8) is 0 Å². The van der Waals surface area contributed by atoms with Crippen molar-refractivity contribution in [1.82, 2.24) is 10.3 Å². The Labute approximate surface area is 126 Å². The maximum Gasteiger partial charge on any atom is 0.171 e. The van der Waals surface area contributed by atoms with Crippen molar-refractivity contribution in [2.45, 2.75) is 33.7 Å². The zero-order chi connectivity index (χ0) is 15.2. The summed E-state index contributed by atoms with van der Waals surface area (Å²) in [7, 11) is 0. The summed E-state index contributed by atoms with van der Waals surface area (Å²) in [6, 6.07) is 4.00. The van der Waals surface area contributed by atoms with Gasteiger partial charge in [0.1, 0.15) is 5.82 Å². The highest BCUT2D eigenvalue weighted by Crippen LogP contribution is 2.18. The smallest absolute Gasteiger partial charge is 0.171 e. The predicted molar refractivity (Wildman–Crippen MR) is 88.1 cm³/mol. The van der Waals surface area contributed by atoms with E-state index in [1.807, 2.05) is 12.1 Å². The van der Waals surface area contributed by atoms with Gasteiger partial charge in [-0.05, 0) is 36.7 Å². The summed E-state index contributed by atoms with van der Waals surface area (Å²) in [5.74, 6) is 0.728. The Kier molecular flexibility index (Phi) is 6.16. The number of aliphatic hydroxyl groups excluding tert-OH is 1. The Morgan fingerprint density at radius 1 is 1.40 bits per heavy atom. The summed E-state index contributed by atoms with van der Waals surface area (Å²) < 4.78 is 0. The minimum absolute atomic E-state index is 0.0837. The Bertz CT molecular complexity index is 428. The second-order valence-corrected chi connectivity index (χ2v) is 6.18. The van der Waals surface area contributed by atoms with Crippen molar-refractivity contribution in [2.24, 2.45) is 5.41 Å². The average molecular weight is 296 g/mol. The van der Waals surface area contributed by atoms with Crippen molar-refractivity contribution in [1.29, 1.82) is 0 Å². The predicted octanol–water partition coefficient (Wildman–Crippen LogP) is 2.21. The van der Waals surface area contributed by atoms with Gasteiger partial charge in [-0.3, -0.25) is 0 Å². The van der Waals surface area contributed by atoms with E-state index in [9.17, 15) is 0 Å². The van der Waals surface area contributed by atoms with Crippen LogP contribution in [0.3, 0.4) is 0 Å². The third kappa shape index (κ3) is 5.71. The summed E-state index contributed by atoms with van der Waals surface area (Å²) in [6.45, 7) is 9.17. The summed E-state index contributed by atoms with van der Waals surface area (Å²) in [5.41, 5.74) is 0.973. The van der Waals surface area contributed by atoms with Gasteiger partial charge < -0.3 is 21.1 Å². The van der Waals surface area contributed by atoms with E-state index in [1.54, 1.807) is 6.20 Å². The molecule has 0 aliphatic heterocycles. The fourth-order valence-corrected chi connectivity index (χ4v) is 1.63. The number of rotatable bonds is 5. The molecule has 1 aromatic rings. The van der Waals surface area contributed by atoms with E-state index >= 15 is 0 Å². The van der Waals surface area contributed by atoms with Crippen LogP contribution in [-0.2, 0) is 0 Å². The quantitative estimate of drug-likeness (QED) is 0.625. The molecule has 0 spiro atoms. The molecule has 4 N–H and O–H groups in total. The molecule has 112 valence electrons. The molecule has 0 radical (unpaired) electrons. The summed E-state index contributed by atoms with van der Waals surface area (Å²) in [5, 5.41) is 18.7. The lowest BCUT2D eigenvalue weighted by atomic mass is 9.88. The number of hydrogen-bond donors (Lipinski definition) is 4. The molecule has 1 unspecified atom stereocenters. The van der Waals surface area contributed by atoms with Crippen molar-refractivity contribution in [3.05, 3.63) is 18.3 Å². The number of nitrogens with one attached hydrogen (secondary N) is 3. The Balaban J connectivity index is 2.50. The zero-order valence-corrected chi connectivity index (χ0v) is 13.3. The van der Waals surface area contributed by atoms with E-state index < -0.39 is 0 Å². The first-order valence-electron chi connectivity index (χ1n) is 6.71. The molecule has 0 bridgehead atoms. The third-order valence-corrected chi connectivity index (χ3v) is 3.31. The van der Waals surface area contributed by atoms with Crippen molar-refractivity contribution in [3.8, 4) is 0 Å². The first-order chi connectivity index (χ1) is 9.32. The molecule has 1 aromatic heterocycles. The van der Waals surface area contributed by atoms with Crippen LogP contribution in [0.1, 0.15) is 27.7 Å². The molecular formula is C14H24N4OS. The topological polar surface area (TPSA) is 69.2 Å². The maximum absolute atomic E-state index is 8.72. The number of anilines is 2. The van der Waals surface area contributed by atoms with E-state index in [0.29, 0.717) is 11.7 Å². The average Bonchev–Trinajstić information content (AvgIpc) is 2.36. The molecule has 0 amide bonds. The summed E-state index contributed by atoms with van der Waals surface area (Å²) in [6.07, 6.45) is 1.70. The second-order valence-electron chi connectivity index (χ2n) is 5.77. The number of aliphatic hydroxyl groups is 1. The lowest BCUT2D eigenvalue weighted by molar-refractivity contribution is 0.311. The van der Waals surface area contributed by atoms with Gasteiger partial charge in [-0.2, -0.15) is 0 Å². The standard InChI is InChI=1S/C14H24N4OS/c1-10(14(2,3)4)17-13(20)18-11-5-6-12(16-9-11)15-7-8-19/h5-6,9-10,19H,7-8H2,1-4H3,(H,15,16)(H2,17,18,20). The van der Waals surface area contributed by atoms with Crippen molar-refractivity contribution >= 4 is 28.8 Å². The second kappa shape index (κ2) is 7.40.